The molecule has 35 heavy (non-hydrogen) atoms. The zero-order chi connectivity index (χ0) is 23.9. The van der Waals surface area contributed by atoms with Crippen LogP contribution in [-0.2, 0) is 18.4 Å². The Bertz CT molecular complexity index is 1400. The van der Waals surface area contributed by atoms with Crippen LogP contribution in [0.3, 0.4) is 0 Å². The topological polar surface area (TPSA) is 88.8 Å². The van der Waals surface area contributed by atoms with Crippen LogP contribution in [0.15, 0.2) is 48.8 Å². The molecule has 1 saturated heterocycles. The van der Waals surface area contributed by atoms with E-state index < -0.39 is 0 Å². The minimum atomic E-state index is 0.0365. The second-order valence-electron chi connectivity index (χ2n) is 9.88. The summed E-state index contributed by atoms with van der Waals surface area (Å²) in [7, 11) is 1.93. The number of piperidine rings is 1. The van der Waals surface area contributed by atoms with Crippen molar-refractivity contribution in [2.24, 2.45) is 13.0 Å². The smallest absolute Gasteiger partial charge is 0.226 e. The predicted molar refractivity (Wildman–Crippen MR) is 139 cm³/mol. The van der Waals surface area contributed by atoms with Gasteiger partial charge in [-0.25, -0.2) is 0 Å². The molecule has 0 saturated carbocycles. The number of hydrogen-bond donors (Lipinski definition) is 3. The van der Waals surface area contributed by atoms with Gasteiger partial charge in [0, 0.05) is 48.8 Å². The first kappa shape index (κ1) is 21.9. The SMILES string of the molecule is C[C@@H]1CC(=O)Nc2cccc(-c3ccc4c(c3)c(-c3cnn(C)c3)nn4CC3CCNCC3)c2N1. The summed E-state index contributed by atoms with van der Waals surface area (Å²) in [4.78, 5) is 12.3. The fourth-order valence-corrected chi connectivity index (χ4v) is 5.38. The van der Waals surface area contributed by atoms with Gasteiger partial charge in [-0.3, -0.25) is 14.2 Å². The molecule has 2 aromatic heterocycles. The second-order valence-corrected chi connectivity index (χ2v) is 9.88. The van der Waals surface area contributed by atoms with E-state index in [1.165, 1.54) is 12.8 Å². The maximum absolute atomic E-state index is 12.3. The normalized spacial score (nSPS) is 18.7. The number of para-hydroxylation sites is 1. The molecule has 2 aromatic carbocycles. The van der Waals surface area contributed by atoms with E-state index in [0.717, 1.165) is 64.3 Å². The van der Waals surface area contributed by atoms with Gasteiger partial charge in [0.05, 0.1) is 23.1 Å². The number of benzene rings is 2. The molecule has 2 aliphatic rings. The largest absolute Gasteiger partial charge is 0.380 e. The molecular formula is C27H31N7O. The van der Waals surface area contributed by atoms with Gasteiger partial charge in [0.1, 0.15) is 5.69 Å². The maximum atomic E-state index is 12.3. The van der Waals surface area contributed by atoms with Crippen LogP contribution in [0.5, 0.6) is 0 Å². The van der Waals surface area contributed by atoms with Crippen LogP contribution in [0, 0.1) is 5.92 Å². The summed E-state index contributed by atoms with van der Waals surface area (Å²) in [6.07, 6.45) is 6.70. The summed E-state index contributed by atoms with van der Waals surface area (Å²) in [6, 6.07) is 12.7. The first-order chi connectivity index (χ1) is 17.0. The number of carbonyl (C=O) groups excluding carboxylic acids is 1. The zero-order valence-electron chi connectivity index (χ0n) is 20.2. The quantitative estimate of drug-likeness (QED) is 0.416. The molecule has 180 valence electrons. The fourth-order valence-electron chi connectivity index (χ4n) is 5.38. The van der Waals surface area contributed by atoms with E-state index in [-0.39, 0.29) is 11.9 Å². The molecule has 0 spiro atoms. The Kier molecular flexibility index (Phi) is 5.53. The lowest BCUT2D eigenvalue weighted by Crippen LogP contribution is -2.30. The van der Waals surface area contributed by atoms with Crippen LogP contribution in [-0.4, -0.2) is 44.6 Å². The van der Waals surface area contributed by atoms with Gasteiger partial charge >= 0.3 is 0 Å². The van der Waals surface area contributed by atoms with Gasteiger partial charge in [0.15, 0.2) is 0 Å². The number of aromatic nitrogens is 4. The second kappa shape index (κ2) is 8.85. The van der Waals surface area contributed by atoms with Crippen molar-refractivity contribution in [3.63, 3.8) is 0 Å². The summed E-state index contributed by atoms with van der Waals surface area (Å²) >= 11 is 0. The van der Waals surface area contributed by atoms with Gasteiger partial charge < -0.3 is 16.0 Å². The highest BCUT2D eigenvalue weighted by Gasteiger charge is 2.22. The summed E-state index contributed by atoms with van der Waals surface area (Å²) in [5.74, 6) is 0.661. The molecule has 1 atom stereocenters. The van der Waals surface area contributed by atoms with Gasteiger partial charge in [-0.2, -0.15) is 10.2 Å². The molecule has 0 unspecified atom stereocenters. The van der Waals surface area contributed by atoms with Crippen molar-refractivity contribution in [1.29, 1.82) is 0 Å². The van der Waals surface area contributed by atoms with E-state index in [4.69, 9.17) is 5.10 Å². The predicted octanol–water partition coefficient (Wildman–Crippen LogP) is 4.25. The van der Waals surface area contributed by atoms with Crippen LogP contribution < -0.4 is 16.0 Å². The van der Waals surface area contributed by atoms with Crippen LogP contribution in [0.25, 0.3) is 33.3 Å². The maximum Gasteiger partial charge on any atom is 0.226 e. The van der Waals surface area contributed by atoms with Crippen molar-refractivity contribution >= 4 is 28.2 Å². The minimum Gasteiger partial charge on any atom is -0.380 e. The van der Waals surface area contributed by atoms with Crippen LogP contribution >= 0.6 is 0 Å². The summed E-state index contributed by atoms with van der Waals surface area (Å²) < 4.78 is 4.01. The molecule has 4 heterocycles. The van der Waals surface area contributed by atoms with Gasteiger partial charge in [-0.05, 0) is 62.5 Å². The highest BCUT2D eigenvalue weighted by molar-refractivity contribution is 6.02. The summed E-state index contributed by atoms with van der Waals surface area (Å²) in [5, 5.41) is 20.7. The first-order valence-corrected chi connectivity index (χ1v) is 12.5. The van der Waals surface area contributed by atoms with Crippen molar-refractivity contribution in [2.45, 2.75) is 38.8 Å². The lowest BCUT2D eigenvalue weighted by molar-refractivity contribution is -0.116. The van der Waals surface area contributed by atoms with E-state index in [2.05, 4.69) is 50.0 Å². The highest BCUT2D eigenvalue weighted by Crippen LogP contribution is 2.39. The Morgan fingerprint density at radius 2 is 1.97 bits per heavy atom. The Balaban J connectivity index is 1.47. The third-order valence-corrected chi connectivity index (χ3v) is 7.15. The van der Waals surface area contributed by atoms with Crippen molar-refractivity contribution in [3.05, 3.63) is 48.8 Å². The molecule has 8 nitrogen and oxygen atoms in total. The number of rotatable bonds is 4. The Labute approximate surface area is 204 Å². The molecule has 4 aromatic rings. The number of fused-ring (bicyclic) bond motifs is 2. The highest BCUT2D eigenvalue weighted by atomic mass is 16.1. The number of nitrogens with one attached hydrogen (secondary N) is 3. The Hall–Kier alpha value is -3.65. The number of amides is 1. The molecule has 8 heteroatoms. The molecule has 1 fully saturated rings. The molecule has 2 aliphatic heterocycles. The third-order valence-electron chi connectivity index (χ3n) is 7.15. The monoisotopic (exact) mass is 469 g/mol. The lowest BCUT2D eigenvalue weighted by atomic mass is 9.97. The van der Waals surface area contributed by atoms with Crippen LogP contribution in [0.4, 0.5) is 11.4 Å². The zero-order valence-corrected chi connectivity index (χ0v) is 20.2. The van der Waals surface area contributed by atoms with E-state index in [9.17, 15) is 4.79 Å². The molecule has 0 bridgehead atoms. The number of hydrogen-bond acceptors (Lipinski definition) is 5. The lowest BCUT2D eigenvalue weighted by Gasteiger charge is -2.22. The molecule has 3 N–H and O–H groups in total. The van der Waals surface area contributed by atoms with E-state index >= 15 is 0 Å². The van der Waals surface area contributed by atoms with Crippen LogP contribution in [0.1, 0.15) is 26.2 Å². The van der Waals surface area contributed by atoms with Gasteiger partial charge in [-0.1, -0.05) is 18.2 Å². The number of anilines is 2. The summed E-state index contributed by atoms with van der Waals surface area (Å²) in [5.41, 5.74) is 7.08. The number of carbonyl (C=O) groups is 1. The molecule has 1 amide bonds. The Morgan fingerprint density at radius 3 is 2.77 bits per heavy atom. The van der Waals surface area contributed by atoms with Crippen molar-refractivity contribution < 1.29 is 4.79 Å². The number of nitrogens with zero attached hydrogens (tertiary/aromatic N) is 4. The van der Waals surface area contributed by atoms with Crippen molar-refractivity contribution in [2.75, 3.05) is 23.7 Å². The minimum absolute atomic E-state index is 0.0365. The Morgan fingerprint density at radius 1 is 1.11 bits per heavy atom. The molecule has 0 radical (unpaired) electrons. The van der Waals surface area contributed by atoms with E-state index in [1.807, 2.05) is 43.2 Å². The third kappa shape index (κ3) is 4.18. The molecular weight excluding hydrogens is 438 g/mol. The van der Waals surface area contributed by atoms with E-state index in [0.29, 0.717) is 12.3 Å². The first-order valence-electron chi connectivity index (χ1n) is 12.5. The van der Waals surface area contributed by atoms with E-state index in [1.54, 1.807) is 0 Å². The average Bonchev–Trinajstić information content (AvgIpc) is 3.39. The average molecular weight is 470 g/mol. The molecule has 0 aliphatic carbocycles. The van der Waals surface area contributed by atoms with Gasteiger partial charge in [-0.15, -0.1) is 0 Å². The number of aryl methyl sites for hydroxylation is 1. The summed E-state index contributed by atoms with van der Waals surface area (Å²) in [6.45, 7) is 5.11. The van der Waals surface area contributed by atoms with Crippen molar-refractivity contribution in [1.82, 2.24) is 24.9 Å². The molecule has 6 rings (SSSR count). The van der Waals surface area contributed by atoms with Gasteiger partial charge in [0.2, 0.25) is 5.91 Å². The van der Waals surface area contributed by atoms with Crippen molar-refractivity contribution in [3.8, 4) is 22.4 Å². The fraction of sp³-hybridized carbons (Fsp3) is 0.370. The van der Waals surface area contributed by atoms with Crippen LogP contribution in [0.2, 0.25) is 0 Å². The standard InChI is InChI=1S/C27H31N7O/c1-17-12-25(35)31-23-5-3-4-21(27(23)30-17)19-6-7-24-22(13-19)26(20-14-29-33(2)16-20)32-34(24)15-18-8-10-28-11-9-18/h3-7,13-14,16-18,28,30H,8-12,15H2,1-2H3,(H,31,35)/t17-/m1/s1. The van der Waals surface area contributed by atoms with Gasteiger partial charge in [0.25, 0.3) is 0 Å².